The van der Waals surface area contributed by atoms with Crippen LogP contribution in [0.2, 0.25) is 0 Å². The average Bonchev–Trinajstić information content (AvgIpc) is 2.84. The lowest BCUT2D eigenvalue weighted by atomic mass is 9.99. The molecule has 0 radical (unpaired) electrons. The number of unbranched alkanes of at least 4 members (excludes halogenated alkanes) is 1. The molecule has 5 nitrogen and oxygen atoms in total. The zero-order valence-electron chi connectivity index (χ0n) is 19.4. The van der Waals surface area contributed by atoms with Gasteiger partial charge in [-0.25, -0.2) is 0 Å². The van der Waals surface area contributed by atoms with Gasteiger partial charge in [0.2, 0.25) is 5.91 Å². The molecule has 5 heteroatoms. The summed E-state index contributed by atoms with van der Waals surface area (Å²) in [6.45, 7) is 4.81. The number of nitrogens with one attached hydrogen (secondary N) is 1. The van der Waals surface area contributed by atoms with Crippen LogP contribution in [0.15, 0.2) is 65.5 Å². The first-order chi connectivity index (χ1) is 16.1. The van der Waals surface area contributed by atoms with E-state index in [2.05, 4.69) is 18.3 Å². The van der Waals surface area contributed by atoms with E-state index in [1.165, 1.54) is 0 Å². The minimum atomic E-state index is -0.0562. The fourth-order valence-corrected chi connectivity index (χ4v) is 3.86. The van der Waals surface area contributed by atoms with Crippen LogP contribution in [0, 0.1) is 11.3 Å². The minimum Gasteiger partial charge on any atom is -0.352 e. The predicted octanol–water partition coefficient (Wildman–Crippen LogP) is 5.19. The number of benzene rings is 2. The van der Waals surface area contributed by atoms with E-state index in [1.807, 2.05) is 72.2 Å². The molecule has 33 heavy (non-hydrogen) atoms. The molecule has 0 bridgehead atoms. The second-order valence-electron chi connectivity index (χ2n) is 8.23. The van der Waals surface area contributed by atoms with Gasteiger partial charge in [0.25, 0.3) is 5.56 Å². The van der Waals surface area contributed by atoms with Crippen LogP contribution >= 0.6 is 0 Å². The Morgan fingerprint density at radius 1 is 1.00 bits per heavy atom. The van der Waals surface area contributed by atoms with Gasteiger partial charge in [-0.1, -0.05) is 62.7 Å². The van der Waals surface area contributed by atoms with Gasteiger partial charge < -0.3 is 9.88 Å². The second kappa shape index (κ2) is 11.8. The number of amides is 1. The largest absolute Gasteiger partial charge is 0.352 e. The summed E-state index contributed by atoms with van der Waals surface area (Å²) in [6, 6.07) is 21.6. The van der Waals surface area contributed by atoms with E-state index < -0.39 is 0 Å². The Morgan fingerprint density at radius 3 is 2.45 bits per heavy atom. The number of hydrogen-bond acceptors (Lipinski definition) is 3. The molecule has 0 atom stereocenters. The Hall–Kier alpha value is -3.65. The minimum absolute atomic E-state index is 0.0354. The van der Waals surface area contributed by atoms with Gasteiger partial charge in [-0.05, 0) is 54.2 Å². The van der Waals surface area contributed by atoms with Crippen molar-refractivity contribution in [3.63, 3.8) is 0 Å². The molecule has 0 saturated carbocycles. The van der Waals surface area contributed by atoms with Crippen LogP contribution in [-0.2, 0) is 24.3 Å². The second-order valence-corrected chi connectivity index (χ2v) is 8.23. The van der Waals surface area contributed by atoms with E-state index in [1.54, 1.807) is 0 Å². The summed E-state index contributed by atoms with van der Waals surface area (Å²) < 4.78 is 1.83. The van der Waals surface area contributed by atoms with Gasteiger partial charge in [0.1, 0.15) is 0 Å². The first-order valence-corrected chi connectivity index (χ1v) is 11.6. The SMILES string of the molecule is CCCCc1ccc(CNC(=O)CCC)c(=O)n1Cc1ccc(-c2ccccc2C#N)cc1. The van der Waals surface area contributed by atoms with Gasteiger partial charge >= 0.3 is 0 Å². The van der Waals surface area contributed by atoms with Crippen molar-refractivity contribution in [2.24, 2.45) is 0 Å². The number of hydrogen-bond donors (Lipinski definition) is 1. The van der Waals surface area contributed by atoms with Crippen LogP contribution in [0.3, 0.4) is 0 Å². The molecule has 0 aliphatic carbocycles. The lowest BCUT2D eigenvalue weighted by molar-refractivity contribution is -0.121. The zero-order chi connectivity index (χ0) is 23.6. The van der Waals surface area contributed by atoms with Crippen molar-refractivity contribution < 1.29 is 4.79 Å². The van der Waals surface area contributed by atoms with Gasteiger partial charge in [0.15, 0.2) is 0 Å². The number of nitriles is 1. The Labute approximate surface area is 195 Å². The van der Waals surface area contributed by atoms with Crippen LogP contribution in [0.5, 0.6) is 0 Å². The normalized spacial score (nSPS) is 10.6. The molecule has 0 fully saturated rings. The van der Waals surface area contributed by atoms with Crippen molar-refractivity contribution in [1.82, 2.24) is 9.88 Å². The van der Waals surface area contributed by atoms with Crippen LogP contribution in [0.4, 0.5) is 0 Å². The standard InChI is InChI=1S/C28H31N3O2/c1-3-5-10-25-17-16-24(19-30-27(32)8-4-2)28(33)31(25)20-21-12-14-22(15-13-21)26-11-7-6-9-23(26)18-29/h6-7,9,11-17H,3-5,8,10,19-20H2,1-2H3,(H,30,32). The van der Waals surface area contributed by atoms with Gasteiger partial charge in [0.05, 0.1) is 18.2 Å². The summed E-state index contributed by atoms with van der Waals surface area (Å²) in [5.41, 5.74) is 5.07. The first kappa shape index (κ1) is 24.0. The Bertz CT molecular complexity index is 1190. The highest BCUT2D eigenvalue weighted by Gasteiger charge is 2.11. The van der Waals surface area contributed by atoms with Gasteiger partial charge in [0, 0.05) is 24.2 Å². The third-order valence-electron chi connectivity index (χ3n) is 5.74. The highest BCUT2D eigenvalue weighted by molar-refractivity contribution is 5.75. The number of carbonyl (C=O) groups excluding carboxylic acids is 1. The third-order valence-corrected chi connectivity index (χ3v) is 5.74. The van der Waals surface area contributed by atoms with E-state index in [0.29, 0.717) is 24.1 Å². The summed E-state index contributed by atoms with van der Waals surface area (Å²) in [5, 5.41) is 12.2. The van der Waals surface area contributed by atoms with Crippen molar-refractivity contribution >= 4 is 5.91 Å². The number of pyridine rings is 1. The van der Waals surface area contributed by atoms with Gasteiger partial charge in [-0.2, -0.15) is 5.26 Å². The molecule has 170 valence electrons. The number of aryl methyl sites for hydroxylation is 1. The maximum atomic E-state index is 13.3. The van der Waals surface area contributed by atoms with E-state index in [9.17, 15) is 14.9 Å². The molecule has 1 heterocycles. The molecule has 1 N–H and O–H groups in total. The van der Waals surface area contributed by atoms with Gasteiger partial charge in [-0.3, -0.25) is 9.59 Å². The van der Waals surface area contributed by atoms with Crippen LogP contribution < -0.4 is 10.9 Å². The molecular weight excluding hydrogens is 410 g/mol. The molecule has 0 saturated heterocycles. The van der Waals surface area contributed by atoms with Crippen LogP contribution in [-0.4, -0.2) is 10.5 Å². The van der Waals surface area contributed by atoms with Gasteiger partial charge in [-0.15, -0.1) is 0 Å². The molecule has 2 aromatic carbocycles. The highest BCUT2D eigenvalue weighted by atomic mass is 16.1. The molecule has 3 aromatic rings. The molecule has 3 rings (SSSR count). The fourth-order valence-electron chi connectivity index (χ4n) is 3.86. The summed E-state index contributed by atoms with van der Waals surface area (Å²) in [5.74, 6) is -0.0354. The predicted molar refractivity (Wildman–Crippen MR) is 132 cm³/mol. The zero-order valence-corrected chi connectivity index (χ0v) is 19.4. The summed E-state index contributed by atoms with van der Waals surface area (Å²) in [7, 11) is 0. The van der Waals surface area contributed by atoms with E-state index >= 15 is 0 Å². The van der Waals surface area contributed by atoms with Crippen LogP contribution in [0.25, 0.3) is 11.1 Å². The highest BCUT2D eigenvalue weighted by Crippen LogP contribution is 2.23. The number of aromatic nitrogens is 1. The molecule has 0 aliphatic rings. The molecular formula is C28H31N3O2. The first-order valence-electron chi connectivity index (χ1n) is 11.6. The maximum absolute atomic E-state index is 13.3. The summed E-state index contributed by atoms with van der Waals surface area (Å²) >= 11 is 0. The lowest BCUT2D eigenvalue weighted by Gasteiger charge is -2.16. The van der Waals surface area contributed by atoms with Crippen molar-refractivity contribution in [2.45, 2.75) is 59.0 Å². The molecule has 0 spiro atoms. The quantitative estimate of drug-likeness (QED) is 0.470. The average molecular weight is 442 g/mol. The van der Waals surface area contributed by atoms with Crippen molar-refractivity contribution in [3.05, 3.63) is 93.4 Å². The Kier molecular flexibility index (Phi) is 8.60. The Balaban J connectivity index is 1.87. The van der Waals surface area contributed by atoms with Crippen molar-refractivity contribution in [1.29, 1.82) is 5.26 Å². The monoisotopic (exact) mass is 441 g/mol. The van der Waals surface area contributed by atoms with Crippen molar-refractivity contribution in [3.8, 4) is 17.2 Å². The number of carbonyl (C=O) groups is 1. The van der Waals surface area contributed by atoms with Crippen LogP contribution in [0.1, 0.15) is 61.9 Å². The summed E-state index contributed by atoms with van der Waals surface area (Å²) in [4.78, 5) is 25.1. The molecule has 1 aromatic heterocycles. The van der Waals surface area contributed by atoms with E-state index in [-0.39, 0.29) is 18.0 Å². The molecule has 0 aliphatic heterocycles. The topological polar surface area (TPSA) is 74.9 Å². The smallest absolute Gasteiger partial charge is 0.256 e. The Morgan fingerprint density at radius 2 is 1.76 bits per heavy atom. The number of nitrogens with zero attached hydrogens (tertiary/aromatic N) is 2. The molecule has 1 amide bonds. The number of rotatable bonds is 10. The lowest BCUT2D eigenvalue weighted by Crippen LogP contribution is -2.31. The molecule has 0 unspecified atom stereocenters. The van der Waals surface area contributed by atoms with E-state index in [4.69, 9.17) is 0 Å². The fraction of sp³-hybridized carbons (Fsp3) is 0.321. The maximum Gasteiger partial charge on any atom is 0.256 e. The van der Waals surface area contributed by atoms with Crippen molar-refractivity contribution in [2.75, 3.05) is 0 Å². The summed E-state index contributed by atoms with van der Waals surface area (Å²) in [6.07, 6.45) is 4.14. The third kappa shape index (κ3) is 6.20. The van der Waals surface area contributed by atoms with E-state index in [0.717, 1.165) is 48.1 Å².